The second kappa shape index (κ2) is 17.3. The lowest BCUT2D eigenvalue weighted by molar-refractivity contribution is -0.864. The van der Waals surface area contributed by atoms with Crippen molar-refractivity contribution in [2.24, 2.45) is 0 Å². The predicted octanol–water partition coefficient (Wildman–Crippen LogP) is 3.99. The maximum atomic E-state index is 12.9. The number of carbonyl (C=O) groups excluding carboxylic acids is 2. The van der Waals surface area contributed by atoms with Crippen LogP contribution in [0.1, 0.15) is 34.9 Å². The average Bonchev–Trinajstić information content (AvgIpc) is 3.43. The van der Waals surface area contributed by atoms with Crippen LogP contribution < -0.4 is 20.6 Å². The SMILES string of the molecule is CCOP(=O)(CN1CCN(c2cc(Nc3ncc(C(=O)Nc4c(C)cccc4Cl)s3)nc(C)n2)CC1)OCC.C[N+](C)(C)CC(=O)[O-]. The molecule has 1 fully saturated rings. The van der Waals surface area contributed by atoms with E-state index in [9.17, 15) is 19.3 Å². The summed E-state index contributed by atoms with van der Waals surface area (Å²) in [6.07, 6.45) is 1.79. The number of hydrogen-bond donors (Lipinski definition) is 2. The van der Waals surface area contributed by atoms with Crippen molar-refractivity contribution in [3.63, 3.8) is 0 Å². The number of aromatic nitrogens is 3. The minimum absolute atomic E-state index is 0.0694. The smallest absolute Gasteiger partial charge is 0.344 e. The Balaban J connectivity index is 0.000000665. The fourth-order valence-electron chi connectivity index (χ4n) is 4.55. The molecule has 0 bridgehead atoms. The molecule has 0 atom stereocenters. The monoisotopic (exact) mass is 710 g/mol. The molecule has 1 aliphatic rings. The normalized spacial score (nSPS) is 13.9. The number of likely N-dealkylation sites (N-methyl/N-ethyl adjacent to an activating group) is 1. The number of nitrogens with one attached hydrogen (secondary N) is 2. The number of quaternary nitrogens is 1. The number of piperazine rings is 1. The number of anilines is 4. The number of rotatable bonds is 13. The molecule has 3 aromatic rings. The molecular formula is C30H44ClN8O6PS. The van der Waals surface area contributed by atoms with Crippen molar-refractivity contribution < 1.29 is 32.8 Å². The van der Waals surface area contributed by atoms with Crippen LogP contribution in [0, 0.1) is 13.8 Å². The van der Waals surface area contributed by atoms with Crippen LogP contribution in [0.5, 0.6) is 0 Å². The number of carboxylic acids is 1. The van der Waals surface area contributed by atoms with Gasteiger partial charge in [-0.2, -0.15) is 0 Å². The predicted molar refractivity (Wildman–Crippen MR) is 184 cm³/mol. The van der Waals surface area contributed by atoms with E-state index in [1.54, 1.807) is 27.2 Å². The molecule has 2 N–H and O–H groups in total. The van der Waals surface area contributed by atoms with Gasteiger partial charge in [-0.05, 0) is 39.3 Å². The van der Waals surface area contributed by atoms with Gasteiger partial charge >= 0.3 is 7.60 Å². The Bertz CT molecular complexity index is 1530. The summed E-state index contributed by atoms with van der Waals surface area (Å²) in [4.78, 5) is 40.8. The van der Waals surface area contributed by atoms with Gasteiger partial charge in [-0.15, -0.1) is 0 Å². The Kier molecular flexibility index (Phi) is 14.1. The molecule has 1 aliphatic heterocycles. The zero-order chi connectivity index (χ0) is 34.8. The van der Waals surface area contributed by atoms with E-state index in [1.807, 2.05) is 45.9 Å². The van der Waals surface area contributed by atoms with Gasteiger partial charge in [0, 0.05) is 32.2 Å². The highest BCUT2D eigenvalue weighted by molar-refractivity contribution is 7.53. The molecule has 3 heterocycles. The first kappa shape index (κ1) is 38.3. The van der Waals surface area contributed by atoms with Crippen LogP contribution in [-0.4, -0.2) is 110 Å². The molecule has 0 aliphatic carbocycles. The van der Waals surface area contributed by atoms with Crippen LogP contribution in [0.4, 0.5) is 22.5 Å². The van der Waals surface area contributed by atoms with Gasteiger partial charge in [-0.1, -0.05) is 35.1 Å². The Labute approximate surface area is 285 Å². The highest BCUT2D eigenvalue weighted by Crippen LogP contribution is 2.48. The number of halogens is 1. The summed E-state index contributed by atoms with van der Waals surface area (Å²) in [6.45, 7) is 10.9. The zero-order valence-corrected chi connectivity index (χ0v) is 30.4. The third-order valence-electron chi connectivity index (χ3n) is 6.57. The highest BCUT2D eigenvalue weighted by atomic mass is 35.5. The first-order valence-corrected chi connectivity index (χ1v) is 18.0. The first-order valence-electron chi connectivity index (χ1n) is 15.1. The summed E-state index contributed by atoms with van der Waals surface area (Å²) < 4.78 is 24.2. The highest BCUT2D eigenvalue weighted by Gasteiger charge is 2.29. The van der Waals surface area contributed by atoms with Crippen molar-refractivity contribution in [1.29, 1.82) is 0 Å². The Morgan fingerprint density at radius 2 is 1.74 bits per heavy atom. The molecule has 1 aromatic carbocycles. The van der Waals surface area contributed by atoms with Gasteiger partial charge in [0.1, 0.15) is 35.2 Å². The maximum absolute atomic E-state index is 12.9. The van der Waals surface area contributed by atoms with E-state index < -0.39 is 13.6 Å². The van der Waals surface area contributed by atoms with Gasteiger partial charge in [0.05, 0.1) is 57.2 Å². The molecule has 47 heavy (non-hydrogen) atoms. The van der Waals surface area contributed by atoms with E-state index in [0.717, 1.165) is 11.4 Å². The molecule has 4 rings (SSSR count). The summed E-state index contributed by atoms with van der Waals surface area (Å²) >= 11 is 7.46. The number of carbonyl (C=O) groups is 2. The minimum atomic E-state index is -3.13. The zero-order valence-electron chi connectivity index (χ0n) is 27.9. The topological polar surface area (TPSA) is 162 Å². The van der Waals surface area contributed by atoms with Crippen LogP contribution in [0.2, 0.25) is 5.02 Å². The number of nitrogens with zero attached hydrogens (tertiary/aromatic N) is 6. The molecular weight excluding hydrogens is 667 g/mol. The van der Waals surface area contributed by atoms with Crippen molar-refractivity contribution in [2.75, 3.05) is 88.9 Å². The minimum Gasteiger partial charge on any atom is -0.544 e. The number of aliphatic carboxylic acids is 1. The van der Waals surface area contributed by atoms with Gasteiger partial charge in [0.15, 0.2) is 5.13 Å². The second-order valence-electron chi connectivity index (χ2n) is 11.7. The van der Waals surface area contributed by atoms with Crippen molar-refractivity contribution in [3.8, 4) is 0 Å². The fourth-order valence-corrected chi connectivity index (χ4v) is 7.34. The van der Waals surface area contributed by atoms with Gasteiger partial charge in [-0.25, -0.2) is 15.0 Å². The molecule has 258 valence electrons. The Hall–Kier alpha value is -3.17. The van der Waals surface area contributed by atoms with E-state index in [0.29, 0.717) is 76.2 Å². The molecule has 0 spiro atoms. The Morgan fingerprint density at radius 3 is 2.30 bits per heavy atom. The molecule has 0 unspecified atom stereocenters. The van der Waals surface area contributed by atoms with Crippen LogP contribution >= 0.6 is 30.5 Å². The number of hydrogen-bond acceptors (Lipinski definition) is 13. The summed E-state index contributed by atoms with van der Waals surface area (Å²) in [6, 6.07) is 7.32. The van der Waals surface area contributed by atoms with E-state index in [4.69, 9.17) is 20.6 Å². The quantitative estimate of drug-likeness (QED) is 0.194. The summed E-state index contributed by atoms with van der Waals surface area (Å²) in [7, 11) is 2.27. The first-order chi connectivity index (χ1) is 22.1. The number of aryl methyl sites for hydroxylation is 2. The Morgan fingerprint density at radius 1 is 1.09 bits per heavy atom. The lowest BCUT2D eigenvalue weighted by Gasteiger charge is -2.36. The van der Waals surface area contributed by atoms with Crippen molar-refractivity contribution in [2.45, 2.75) is 27.7 Å². The molecule has 0 radical (unpaired) electrons. The van der Waals surface area contributed by atoms with E-state index in [2.05, 4.69) is 35.4 Å². The molecule has 1 amide bonds. The average molecular weight is 711 g/mol. The summed E-state index contributed by atoms with van der Waals surface area (Å²) in [5.41, 5.74) is 1.46. The van der Waals surface area contributed by atoms with Crippen LogP contribution in [0.15, 0.2) is 30.5 Å². The third kappa shape index (κ3) is 12.4. The largest absolute Gasteiger partial charge is 0.544 e. The van der Waals surface area contributed by atoms with Gasteiger partial charge in [0.25, 0.3) is 5.91 Å². The van der Waals surface area contributed by atoms with Gasteiger partial charge in [-0.3, -0.25) is 14.3 Å². The molecule has 17 heteroatoms. The molecule has 0 saturated carbocycles. The number of amides is 1. The van der Waals surface area contributed by atoms with Crippen molar-refractivity contribution in [3.05, 3.63) is 51.7 Å². The van der Waals surface area contributed by atoms with Crippen molar-refractivity contribution in [1.82, 2.24) is 19.9 Å². The molecule has 1 saturated heterocycles. The third-order valence-corrected chi connectivity index (χ3v) is 9.85. The van der Waals surface area contributed by atoms with E-state index in [1.165, 1.54) is 17.5 Å². The number of thiazole rings is 1. The number of benzene rings is 1. The van der Waals surface area contributed by atoms with Crippen LogP contribution in [0.25, 0.3) is 0 Å². The van der Waals surface area contributed by atoms with Crippen LogP contribution in [-0.2, 0) is 18.4 Å². The summed E-state index contributed by atoms with van der Waals surface area (Å²) in [5.74, 6) is 0.690. The standard InChI is InChI=1S/C25H33ClN7O4PS.C5H11NO2/c1-5-36-38(35,37-6-2)16-32-10-12-33(13-11-32)22-14-21(28-18(4)29-22)30-25-27-15-20(39-25)24(34)31-23-17(3)8-7-9-19(23)26;1-6(2,3)4-5(7)8/h7-9,14-15H,5-6,10-13,16H2,1-4H3,(H,31,34)(H,27,28,29,30);4H2,1-3H3. The van der Waals surface area contributed by atoms with Crippen LogP contribution in [0.3, 0.4) is 0 Å². The van der Waals surface area contributed by atoms with Gasteiger partial charge < -0.3 is 39.0 Å². The fraction of sp³-hybridized carbons (Fsp3) is 0.500. The second-order valence-corrected chi connectivity index (χ2v) is 15.2. The lowest BCUT2D eigenvalue weighted by Crippen LogP contribution is -2.47. The van der Waals surface area contributed by atoms with E-state index in [-0.39, 0.29) is 18.7 Å². The van der Waals surface area contributed by atoms with E-state index >= 15 is 0 Å². The lowest BCUT2D eigenvalue weighted by atomic mass is 10.2. The maximum Gasteiger partial charge on any atom is 0.344 e. The number of carboxylic acid groups (broad SMARTS) is 1. The number of para-hydroxylation sites is 1. The molecule has 2 aromatic heterocycles. The van der Waals surface area contributed by atoms with Crippen molar-refractivity contribution >= 4 is 64.9 Å². The van der Waals surface area contributed by atoms with Gasteiger partial charge in [0.2, 0.25) is 0 Å². The summed E-state index contributed by atoms with van der Waals surface area (Å²) in [5, 5.41) is 17.0. The molecule has 14 nitrogen and oxygen atoms in total.